The Bertz CT molecular complexity index is 711. The van der Waals surface area contributed by atoms with Crippen molar-refractivity contribution in [3.63, 3.8) is 0 Å². The lowest BCUT2D eigenvalue weighted by atomic mass is 9.87. The van der Waals surface area contributed by atoms with E-state index in [0.29, 0.717) is 12.8 Å². The molecule has 7 heteroatoms. The number of methoxy groups -OCH3 is 1. The first kappa shape index (κ1) is 32.3. The van der Waals surface area contributed by atoms with Gasteiger partial charge in [-0.25, -0.2) is 0 Å². The summed E-state index contributed by atoms with van der Waals surface area (Å²) in [4.78, 5) is 11.3. The number of carbonyl (C=O) groups excluding carboxylic acids is 1. The Balaban J connectivity index is 1.60. The molecule has 2 aliphatic heterocycles. The summed E-state index contributed by atoms with van der Waals surface area (Å²) >= 11 is 0. The molecule has 3 rings (SSSR count). The lowest BCUT2D eigenvalue weighted by Crippen LogP contribution is -2.31. The van der Waals surface area contributed by atoms with Gasteiger partial charge in [0.05, 0.1) is 25.4 Å². The highest BCUT2D eigenvalue weighted by Crippen LogP contribution is 2.40. The Kier molecular flexibility index (Phi) is 15.7. The number of rotatable bonds is 17. The maximum absolute atomic E-state index is 11.3. The lowest BCUT2D eigenvalue weighted by Gasteiger charge is -2.30. The third-order valence-electron chi connectivity index (χ3n) is 8.33. The average molecular weight is 551 g/mol. The third-order valence-corrected chi connectivity index (χ3v) is 8.33. The van der Waals surface area contributed by atoms with E-state index in [1.807, 2.05) is 0 Å². The van der Waals surface area contributed by atoms with Gasteiger partial charge in [-0.2, -0.15) is 0 Å². The number of hydrogen-bond donors (Lipinski definition) is 1. The molecular weight excluding hydrogens is 496 g/mol. The molecule has 1 saturated carbocycles. The van der Waals surface area contributed by atoms with Gasteiger partial charge in [0, 0.05) is 26.1 Å². The molecule has 3 aliphatic rings. The summed E-state index contributed by atoms with van der Waals surface area (Å²) in [6.45, 7) is 3.77. The predicted octanol–water partition coefficient (Wildman–Crippen LogP) is 6.62. The van der Waals surface area contributed by atoms with Crippen LogP contribution in [0.4, 0.5) is 0 Å². The Morgan fingerprint density at radius 1 is 0.949 bits per heavy atom. The summed E-state index contributed by atoms with van der Waals surface area (Å²) in [6, 6.07) is 0. The van der Waals surface area contributed by atoms with Crippen molar-refractivity contribution < 1.29 is 33.6 Å². The van der Waals surface area contributed by atoms with Crippen molar-refractivity contribution in [3.8, 4) is 0 Å². The van der Waals surface area contributed by atoms with Crippen molar-refractivity contribution in [1.82, 2.24) is 0 Å². The molecule has 0 aromatic carbocycles. The second-order valence-electron chi connectivity index (χ2n) is 11.4. The number of ether oxygens (including phenoxy) is 5. The Hall–Kier alpha value is -1.25. The van der Waals surface area contributed by atoms with Crippen LogP contribution in [0.15, 0.2) is 24.3 Å². The van der Waals surface area contributed by atoms with E-state index in [4.69, 9.17) is 23.7 Å². The molecule has 2 saturated heterocycles. The van der Waals surface area contributed by atoms with E-state index in [0.717, 1.165) is 90.3 Å². The van der Waals surface area contributed by atoms with Crippen molar-refractivity contribution in [2.24, 2.45) is 11.8 Å². The zero-order valence-electron chi connectivity index (χ0n) is 24.5. The summed E-state index contributed by atoms with van der Waals surface area (Å²) in [5.74, 6) is 0.170. The van der Waals surface area contributed by atoms with Crippen molar-refractivity contribution in [1.29, 1.82) is 0 Å². The predicted molar refractivity (Wildman–Crippen MR) is 152 cm³/mol. The Labute approximate surface area is 236 Å². The van der Waals surface area contributed by atoms with Gasteiger partial charge in [-0.05, 0) is 82.5 Å². The minimum atomic E-state index is -0.399. The number of aliphatic hydroxyl groups is 1. The van der Waals surface area contributed by atoms with Crippen LogP contribution in [0.5, 0.6) is 0 Å². The molecule has 0 spiro atoms. The van der Waals surface area contributed by atoms with Crippen LogP contribution in [-0.2, 0) is 28.5 Å². The van der Waals surface area contributed by atoms with Crippen LogP contribution in [0, 0.1) is 11.8 Å². The quantitative estimate of drug-likeness (QED) is 0.124. The van der Waals surface area contributed by atoms with Crippen LogP contribution < -0.4 is 0 Å². The van der Waals surface area contributed by atoms with Crippen LogP contribution >= 0.6 is 0 Å². The van der Waals surface area contributed by atoms with Gasteiger partial charge in [-0.3, -0.25) is 4.79 Å². The molecule has 224 valence electrons. The molecule has 3 unspecified atom stereocenters. The number of unbranched alkanes of at least 4 members (excludes halogenated alkanes) is 3. The van der Waals surface area contributed by atoms with Gasteiger partial charge < -0.3 is 28.8 Å². The molecule has 0 radical (unpaired) electrons. The number of aliphatic hydroxyl groups excluding tert-OH is 1. The van der Waals surface area contributed by atoms with Crippen molar-refractivity contribution >= 4 is 5.97 Å². The highest BCUT2D eigenvalue weighted by atomic mass is 16.7. The number of hydrogen-bond acceptors (Lipinski definition) is 7. The molecular formula is C32H54O7. The average Bonchev–Trinajstić information content (AvgIpc) is 3.24. The first-order valence-corrected chi connectivity index (χ1v) is 15.7. The van der Waals surface area contributed by atoms with Gasteiger partial charge in [0.1, 0.15) is 0 Å². The van der Waals surface area contributed by atoms with Crippen LogP contribution in [0.25, 0.3) is 0 Å². The van der Waals surface area contributed by atoms with Crippen molar-refractivity contribution in [2.45, 2.75) is 141 Å². The van der Waals surface area contributed by atoms with Gasteiger partial charge in [0.15, 0.2) is 12.6 Å². The maximum atomic E-state index is 11.3. The van der Waals surface area contributed by atoms with Crippen molar-refractivity contribution in [2.75, 3.05) is 20.3 Å². The van der Waals surface area contributed by atoms with Gasteiger partial charge in [0.25, 0.3) is 0 Å². The molecule has 1 aliphatic carbocycles. The van der Waals surface area contributed by atoms with E-state index in [-0.39, 0.29) is 42.6 Å². The van der Waals surface area contributed by atoms with E-state index >= 15 is 0 Å². The summed E-state index contributed by atoms with van der Waals surface area (Å²) in [5.41, 5.74) is 0. The second-order valence-corrected chi connectivity index (χ2v) is 11.4. The summed E-state index contributed by atoms with van der Waals surface area (Å²) in [6.07, 6.45) is 23.4. The SMILES string of the molecule is CCCCCC(C=CC[C@@H]1[C@@H](CC=CCCCC(=O)OC)[C@@H](O)C[C@H]1OC1CCCCO1)OC1CCCCO1. The van der Waals surface area contributed by atoms with Gasteiger partial charge in [-0.1, -0.05) is 50.5 Å². The molecule has 39 heavy (non-hydrogen) atoms. The standard InChI is InChI=1S/C32H54O7/c1-3-4-7-15-25(38-31-20-10-12-22-36-31)16-14-18-27-26(17-8-5-6-9-19-30(34)35-2)28(33)24-29(27)39-32-21-11-13-23-37-32/h5,8,14,16,25-29,31-33H,3-4,6-7,9-13,15,17-24H2,1-2H3/t25?,26-,27-,28+,29-,31?,32?/m1/s1. The number of carbonyl (C=O) groups is 1. The fourth-order valence-electron chi connectivity index (χ4n) is 6.02. The Morgan fingerprint density at radius 3 is 2.38 bits per heavy atom. The molecule has 2 heterocycles. The minimum Gasteiger partial charge on any atom is -0.469 e. The zero-order valence-corrected chi connectivity index (χ0v) is 24.5. The fourth-order valence-corrected chi connectivity index (χ4v) is 6.02. The van der Waals surface area contributed by atoms with Gasteiger partial charge in [-0.15, -0.1) is 0 Å². The molecule has 0 aromatic heterocycles. The number of esters is 1. The van der Waals surface area contributed by atoms with E-state index in [1.54, 1.807) is 0 Å². The fraction of sp³-hybridized carbons (Fsp3) is 0.844. The highest BCUT2D eigenvalue weighted by molar-refractivity contribution is 5.69. The first-order valence-electron chi connectivity index (χ1n) is 15.7. The normalized spacial score (nSPS) is 30.7. The minimum absolute atomic E-state index is 0.0217. The summed E-state index contributed by atoms with van der Waals surface area (Å²) in [7, 11) is 1.43. The van der Waals surface area contributed by atoms with E-state index in [1.165, 1.54) is 20.0 Å². The van der Waals surface area contributed by atoms with Crippen LogP contribution in [-0.4, -0.2) is 62.3 Å². The smallest absolute Gasteiger partial charge is 0.305 e. The zero-order chi connectivity index (χ0) is 27.7. The van der Waals surface area contributed by atoms with Gasteiger partial charge in [0.2, 0.25) is 0 Å². The largest absolute Gasteiger partial charge is 0.469 e. The third kappa shape index (κ3) is 12.0. The first-order chi connectivity index (χ1) is 19.1. The van der Waals surface area contributed by atoms with E-state index in [2.05, 4.69) is 31.2 Å². The van der Waals surface area contributed by atoms with Crippen LogP contribution in [0.2, 0.25) is 0 Å². The maximum Gasteiger partial charge on any atom is 0.305 e. The molecule has 1 N–H and O–H groups in total. The summed E-state index contributed by atoms with van der Waals surface area (Å²) in [5, 5.41) is 11.1. The molecule has 7 atom stereocenters. The molecule has 0 bridgehead atoms. The van der Waals surface area contributed by atoms with E-state index in [9.17, 15) is 9.90 Å². The lowest BCUT2D eigenvalue weighted by molar-refractivity contribution is -0.195. The molecule has 0 amide bonds. The summed E-state index contributed by atoms with van der Waals surface area (Å²) < 4.78 is 29.3. The number of allylic oxidation sites excluding steroid dienone is 3. The Morgan fingerprint density at radius 2 is 1.69 bits per heavy atom. The van der Waals surface area contributed by atoms with Gasteiger partial charge >= 0.3 is 5.97 Å². The second kappa shape index (κ2) is 19.0. The molecule has 7 nitrogen and oxygen atoms in total. The molecule has 0 aromatic rings. The molecule has 3 fully saturated rings. The van der Waals surface area contributed by atoms with Crippen LogP contribution in [0.1, 0.15) is 110 Å². The highest BCUT2D eigenvalue weighted by Gasteiger charge is 2.43. The van der Waals surface area contributed by atoms with Crippen LogP contribution in [0.3, 0.4) is 0 Å². The van der Waals surface area contributed by atoms with Crippen molar-refractivity contribution in [3.05, 3.63) is 24.3 Å². The topological polar surface area (TPSA) is 83.5 Å². The van der Waals surface area contributed by atoms with E-state index < -0.39 is 6.10 Å². The monoisotopic (exact) mass is 550 g/mol.